The smallest absolute Gasteiger partial charge is 0.321 e. The molecule has 148 valence electrons. The van der Waals surface area contributed by atoms with Gasteiger partial charge in [0.2, 0.25) is 5.91 Å². The molecular formula is C18H25N3O6. The number of imide groups is 1. The molecule has 9 heteroatoms. The Hall–Kier alpha value is -2.81. The Labute approximate surface area is 157 Å². The summed E-state index contributed by atoms with van der Waals surface area (Å²) in [5.41, 5.74) is 0.783. The van der Waals surface area contributed by atoms with E-state index in [1.807, 2.05) is 0 Å². The molecule has 1 aliphatic carbocycles. The molecule has 9 nitrogen and oxygen atoms in total. The van der Waals surface area contributed by atoms with Crippen LogP contribution in [0.1, 0.15) is 18.4 Å². The van der Waals surface area contributed by atoms with E-state index >= 15 is 0 Å². The highest BCUT2D eigenvalue weighted by Crippen LogP contribution is 2.23. The molecule has 1 saturated carbocycles. The van der Waals surface area contributed by atoms with E-state index < -0.39 is 17.9 Å². The van der Waals surface area contributed by atoms with Gasteiger partial charge in [-0.15, -0.1) is 0 Å². The molecule has 27 heavy (non-hydrogen) atoms. The van der Waals surface area contributed by atoms with Crippen molar-refractivity contribution in [2.45, 2.75) is 25.4 Å². The van der Waals surface area contributed by atoms with Gasteiger partial charge in [-0.05, 0) is 30.5 Å². The SMILES string of the molecule is COC(=O)CN(CC(=O)NC(=O)NC1CC1)Cc1cc(OC)cc(OC)c1. The molecule has 0 spiro atoms. The van der Waals surface area contributed by atoms with Crippen LogP contribution in [-0.4, -0.2) is 63.3 Å². The van der Waals surface area contributed by atoms with Crippen LogP contribution in [0.2, 0.25) is 0 Å². The van der Waals surface area contributed by atoms with Crippen molar-refractivity contribution < 1.29 is 28.6 Å². The fraction of sp³-hybridized carbons (Fsp3) is 0.500. The second-order valence-electron chi connectivity index (χ2n) is 6.24. The Balaban J connectivity index is 2.03. The second-order valence-corrected chi connectivity index (χ2v) is 6.24. The fourth-order valence-corrected chi connectivity index (χ4v) is 2.45. The van der Waals surface area contributed by atoms with E-state index in [1.165, 1.54) is 21.3 Å². The standard InChI is InChI=1S/C18H25N3O6/c1-25-14-6-12(7-15(8-14)26-2)9-21(11-17(23)27-3)10-16(22)20-18(24)19-13-4-5-13/h6-8,13H,4-5,9-11H2,1-3H3,(H2,19,20,22,24). The maximum Gasteiger partial charge on any atom is 0.321 e. The molecule has 3 amide bonds. The fourth-order valence-electron chi connectivity index (χ4n) is 2.45. The van der Waals surface area contributed by atoms with Crippen LogP contribution in [0.3, 0.4) is 0 Å². The summed E-state index contributed by atoms with van der Waals surface area (Å²) in [6.07, 6.45) is 1.85. The van der Waals surface area contributed by atoms with Gasteiger partial charge < -0.3 is 19.5 Å². The van der Waals surface area contributed by atoms with Crippen molar-refractivity contribution in [2.75, 3.05) is 34.4 Å². The molecule has 1 aromatic carbocycles. The van der Waals surface area contributed by atoms with Crippen LogP contribution in [0.25, 0.3) is 0 Å². The lowest BCUT2D eigenvalue weighted by Gasteiger charge is -2.21. The summed E-state index contributed by atoms with van der Waals surface area (Å²) < 4.78 is 15.2. The molecule has 0 unspecified atom stereocenters. The Kier molecular flexibility index (Phi) is 7.42. The topological polar surface area (TPSA) is 106 Å². The highest BCUT2D eigenvalue weighted by Gasteiger charge is 2.24. The lowest BCUT2D eigenvalue weighted by molar-refractivity contribution is -0.142. The minimum absolute atomic E-state index is 0.103. The zero-order valence-electron chi connectivity index (χ0n) is 15.7. The zero-order valence-corrected chi connectivity index (χ0v) is 15.7. The van der Waals surface area contributed by atoms with Gasteiger partial charge in [0.05, 0.1) is 34.4 Å². The van der Waals surface area contributed by atoms with Crippen molar-refractivity contribution in [3.63, 3.8) is 0 Å². The number of carbonyl (C=O) groups excluding carboxylic acids is 3. The summed E-state index contributed by atoms with van der Waals surface area (Å²) in [5, 5.41) is 4.95. The Morgan fingerprint density at radius 2 is 1.67 bits per heavy atom. The van der Waals surface area contributed by atoms with Crippen molar-refractivity contribution in [1.29, 1.82) is 0 Å². The summed E-state index contributed by atoms with van der Waals surface area (Å²) in [4.78, 5) is 37.1. The number of amides is 3. The molecule has 0 atom stereocenters. The quantitative estimate of drug-likeness (QED) is 0.607. The van der Waals surface area contributed by atoms with Crippen LogP contribution < -0.4 is 20.1 Å². The van der Waals surface area contributed by atoms with E-state index in [1.54, 1.807) is 23.1 Å². The number of nitrogens with one attached hydrogen (secondary N) is 2. The van der Waals surface area contributed by atoms with Gasteiger partial charge in [0.15, 0.2) is 0 Å². The monoisotopic (exact) mass is 379 g/mol. The normalized spacial score (nSPS) is 13.0. The lowest BCUT2D eigenvalue weighted by atomic mass is 10.2. The third-order valence-corrected chi connectivity index (χ3v) is 3.93. The third-order valence-electron chi connectivity index (χ3n) is 3.93. The molecule has 0 heterocycles. The molecule has 2 rings (SSSR count). The van der Waals surface area contributed by atoms with E-state index in [0.717, 1.165) is 18.4 Å². The van der Waals surface area contributed by atoms with E-state index in [2.05, 4.69) is 10.6 Å². The predicted octanol–water partition coefficient (Wildman–Crippen LogP) is 0.667. The minimum Gasteiger partial charge on any atom is -0.497 e. The number of hydrogen-bond acceptors (Lipinski definition) is 7. The molecule has 1 aliphatic rings. The number of carbonyl (C=O) groups is 3. The molecule has 0 bridgehead atoms. The van der Waals surface area contributed by atoms with Gasteiger partial charge in [-0.3, -0.25) is 19.8 Å². The second kappa shape index (κ2) is 9.77. The number of methoxy groups -OCH3 is 3. The number of esters is 1. The van der Waals surface area contributed by atoms with Gasteiger partial charge in [-0.25, -0.2) is 4.79 Å². The van der Waals surface area contributed by atoms with Crippen molar-refractivity contribution in [3.8, 4) is 11.5 Å². The van der Waals surface area contributed by atoms with Gasteiger partial charge in [0.25, 0.3) is 0 Å². The first-order chi connectivity index (χ1) is 12.9. The number of urea groups is 1. The van der Waals surface area contributed by atoms with E-state index in [4.69, 9.17) is 14.2 Å². The summed E-state index contributed by atoms with van der Waals surface area (Å²) in [7, 11) is 4.35. The Morgan fingerprint density at radius 1 is 1.04 bits per heavy atom. The van der Waals surface area contributed by atoms with Crippen LogP contribution in [0.5, 0.6) is 11.5 Å². The highest BCUT2D eigenvalue weighted by molar-refractivity contribution is 5.95. The molecule has 0 saturated heterocycles. The van der Waals surface area contributed by atoms with Gasteiger partial charge >= 0.3 is 12.0 Å². The van der Waals surface area contributed by atoms with Crippen molar-refractivity contribution in [2.24, 2.45) is 0 Å². The summed E-state index contributed by atoms with van der Waals surface area (Å²) >= 11 is 0. The third kappa shape index (κ3) is 7.14. The number of rotatable bonds is 9. The predicted molar refractivity (Wildman–Crippen MR) is 96.5 cm³/mol. The van der Waals surface area contributed by atoms with Gasteiger partial charge in [-0.2, -0.15) is 0 Å². The van der Waals surface area contributed by atoms with Crippen molar-refractivity contribution in [1.82, 2.24) is 15.5 Å². The number of nitrogens with zero attached hydrogens (tertiary/aromatic N) is 1. The summed E-state index contributed by atoms with van der Waals surface area (Å²) in [6, 6.07) is 4.91. The summed E-state index contributed by atoms with van der Waals surface area (Å²) in [5.74, 6) is 0.193. The number of benzene rings is 1. The molecule has 0 radical (unpaired) electrons. The van der Waals surface area contributed by atoms with E-state index in [-0.39, 0.29) is 25.7 Å². The first-order valence-corrected chi connectivity index (χ1v) is 8.55. The van der Waals surface area contributed by atoms with Gasteiger partial charge in [-0.1, -0.05) is 0 Å². The maximum absolute atomic E-state index is 12.2. The van der Waals surface area contributed by atoms with Gasteiger partial charge in [0.1, 0.15) is 11.5 Å². The minimum atomic E-state index is -0.524. The first kappa shape index (κ1) is 20.5. The first-order valence-electron chi connectivity index (χ1n) is 8.55. The average molecular weight is 379 g/mol. The maximum atomic E-state index is 12.2. The van der Waals surface area contributed by atoms with Crippen LogP contribution in [0.4, 0.5) is 4.79 Å². The van der Waals surface area contributed by atoms with Crippen molar-refractivity contribution >= 4 is 17.9 Å². The molecule has 1 fully saturated rings. The van der Waals surface area contributed by atoms with Crippen LogP contribution in [-0.2, 0) is 20.9 Å². The Morgan fingerprint density at radius 3 is 2.19 bits per heavy atom. The molecule has 0 aliphatic heterocycles. The average Bonchev–Trinajstić information content (AvgIpc) is 3.44. The highest BCUT2D eigenvalue weighted by atomic mass is 16.5. The largest absolute Gasteiger partial charge is 0.497 e. The van der Waals surface area contributed by atoms with E-state index in [9.17, 15) is 14.4 Å². The van der Waals surface area contributed by atoms with Crippen LogP contribution in [0.15, 0.2) is 18.2 Å². The van der Waals surface area contributed by atoms with Crippen LogP contribution in [0, 0.1) is 0 Å². The molecular weight excluding hydrogens is 354 g/mol. The number of hydrogen-bond donors (Lipinski definition) is 2. The summed E-state index contributed by atoms with van der Waals surface area (Å²) in [6.45, 7) is 0.0146. The molecule has 1 aromatic rings. The van der Waals surface area contributed by atoms with Gasteiger partial charge in [0, 0.05) is 18.7 Å². The molecule has 0 aromatic heterocycles. The van der Waals surface area contributed by atoms with Crippen molar-refractivity contribution in [3.05, 3.63) is 23.8 Å². The zero-order chi connectivity index (χ0) is 19.8. The van der Waals surface area contributed by atoms with E-state index in [0.29, 0.717) is 11.5 Å². The van der Waals surface area contributed by atoms with Crippen LogP contribution >= 0.6 is 0 Å². The Bertz CT molecular complexity index is 667. The number of ether oxygens (including phenoxy) is 3. The molecule has 2 N–H and O–H groups in total. The lowest BCUT2D eigenvalue weighted by Crippen LogP contribution is -2.46.